The lowest BCUT2D eigenvalue weighted by Gasteiger charge is -2.26. The molecule has 1 saturated heterocycles. The molecule has 0 spiro atoms. The van der Waals surface area contributed by atoms with Gasteiger partial charge >= 0.3 is 0 Å². The van der Waals surface area contributed by atoms with E-state index in [0.717, 1.165) is 18.4 Å². The Kier molecular flexibility index (Phi) is 5.04. The molecule has 2 aromatic heterocycles. The quantitative estimate of drug-likeness (QED) is 0.656. The number of methoxy groups -OCH3 is 2. The molecule has 0 radical (unpaired) electrons. The molecule has 0 aliphatic carbocycles. The zero-order valence-electron chi connectivity index (χ0n) is 16.9. The molecule has 0 saturated carbocycles. The van der Waals surface area contributed by atoms with Gasteiger partial charge in [0.1, 0.15) is 16.3 Å². The Balaban J connectivity index is 1.74. The number of likely N-dealkylation sites (tertiary alicyclic amines) is 1. The number of ether oxygens (including phenoxy) is 2. The lowest BCUT2D eigenvalue weighted by molar-refractivity contribution is 0.0738. The summed E-state index contributed by atoms with van der Waals surface area (Å²) in [5, 5.41) is 0.529. The van der Waals surface area contributed by atoms with Crippen LogP contribution in [-0.2, 0) is 7.05 Å². The van der Waals surface area contributed by atoms with Gasteiger partial charge in [0, 0.05) is 25.2 Å². The molecule has 0 bridgehead atoms. The van der Waals surface area contributed by atoms with Crippen LogP contribution in [0.1, 0.15) is 39.7 Å². The van der Waals surface area contributed by atoms with Crippen molar-refractivity contribution in [3.05, 3.63) is 50.9 Å². The number of carbonyl (C=O) groups excluding carboxylic acids is 1. The number of hydrogen-bond acceptors (Lipinski definition) is 6. The third-order valence-electron chi connectivity index (χ3n) is 5.52. The van der Waals surface area contributed by atoms with Gasteiger partial charge in [-0.25, -0.2) is 4.98 Å². The minimum Gasteiger partial charge on any atom is -0.497 e. The van der Waals surface area contributed by atoms with E-state index < -0.39 is 0 Å². The minimum absolute atomic E-state index is 0.0621. The average molecular weight is 413 g/mol. The van der Waals surface area contributed by atoms with Crippen molar-refractivity contribution in [3.63, 3.8) is 0 Å². The number of carbonyl (C=O) groups is 1. The standard InChI is InChI=1S/C21H23N3O4S/c1-12-17-19(22-11-23(2)20(17)25)29-18(12)21(26)24-9-5-6-15(24)14-8-7-13(27-3)10-16(14)28-4/h7-8,10-11,15H,5-6,9H2,1-4H3/t15-/m1/s1. The molecular weight excluding hydrogens is 390 g/mol. The van der Waals surface area contributed by atoms with Crippen molar-refractivity contribution in [1.82, 2.24) is 14.5 Å². The average Bonchev–Trinajstić information content (AvgIpc) is 3.35. The zero-order valence-corrected chi connectivity index (χ0v) is 17.7. The molecule has 29 heavy (non-hydrogen) atoms. The summed E-state index contributed by atoms with van der Waals surface area (Å²) in [7, 11) is 4.90. The summed E-state index contributed by atoms with van der Waals surface area (Å²) in [6, 6.07) is 5.61. The Labute approximate surface area is 172 Å². The maximum absolute atomic E-state index is 13.5. The number of amides is 1. The number of benzene rings is 1. The highest BCUT2D eigenvalue weighted by Crippen LogP contribution is 2.40. The highest BCUT2D eigenvalue weighted by atomic mass is 32.1. The van der Waals surface area contributed by atoms with E-state index in [9.17, 15) is 9.59 Å². The van der Waals surface area contributed by atoms with Crippen LogP contribution < -0.4 is 15.0 Å². The number of aromatic nitrogens is 2. The van der Waals surface area contributed by atoms with Crippen LogP contribution in [0.3, 0.4) is 0 Å². The van der Waals surface area contributed by atoms with Gasteiger partial charge < -0.3 is 18.9 Å². The van der Waals surface area contributed by atoms with Crippen molar-refractivity contribution in [1.29, 1.82) is 0 Å². The van der Waals surface area contributed by atoms with Gasteiger partial charge in [0.05, 0.1) is 36.9 Å². The Morgan fingerprint density at radius 3 is 2.79 bits per heavy atom. The van der Waals surface area contributed by atoms with Gasteiger partial charge in [0.25, 0.3) is 11.5 Å². The van der Waals surface area contributed by atoms with E-state index in [4.69, 9.17) is 9.47 Å². The van der Waals surface area contributed by atoms with Crippen LogP contribution in [-0.4, -0.2) is 41.1 Å². The van der Waals surface area contributed by atoms with Gasteiger partial charge in [-0.2, -0.15) is 0 Å². The molecule has 8 heteroatoms. The maximum atomic E-state index is 13.5. The van der Waals surface area contributed by atoms with Crippen LogP contribution in [0.5, 0.6) is 11.5 Å². The van der Waals surface area contributed by atoms with Crippen molar-refractivity contribution < 1.29 is 14.3 Å². The molecule has 1 fully saturated rings. The lowest BCUT2D eigenvalue weighted by Crippen LogP contribution is -2.30. The van der Waals surface area contributed by atoms with Crippen LogP contribution in [0.25, 0.3) is 10.2 Å². The second kappa shape index (κ2) is 7.51. The molecule has 3 aromatic rings. The molecule has 152 valence electrons. The van der Waals surface area contributed by atoms with Crippen LogP contribution in [0, 0.1) is 6.92 Å². The van der Waals surface area contributed by atoms with Crippen LogP contribution in [0.2, 0.25) is 0 Å². The third-order valence-corrected chi connectivity index (χ3v) is 6.71. The predicted molar refractivity (Wildman–Crippen MR) is 112 cm³/mol. The van der Waals surface area contributed by atoms with Crippen molar-refractivity contribution in [2.45, 2.75) is 25.8 Å². The second-order valence-corrected chi connectivity index (χ2v) is 8.16. The third kappa shape index (κ3) is 3.17. The topological polar surface area (TPSA) is 73.7 Å². The maximum Gasteiger partial charge on any atom is 0.264 e. The first-order valence-corrected chi connectivity index (χ1v) is 10.3. The molecular formula is C21H23N3O4S. The molecule has 3 heterocycles. The Morgan fingerprint density at radius 2 is 2.07 bits per heavy atom. The Hall–Kier alpha value is -2.87. The number of aryl methyl sites for hydroxylation is 2. The van der Waals surface area contributed by atoms with Gasteiger partial charge in [-0.3, -0.25) is 9.59 Å². The van der Waals surface area contributed by atoms with E-state index >= 15 is 0 Å². The van der Waals surface area contributed by atoms with E-state index in [-0.39, 0.29) is 17.5 Å². The zero-order chi connectivity index (χ0) is 20.7. The first-order chi connectivity index (χ1) is 14.0. The number of rotatable bonds is 4. The molecule has 1 aliphatic rings. The van der Waals surface area contributed by atoms with Gasteiger partial charge in [-0.05, 0) is 37.5 Å². The smallest absolute Gasteiger partial charge is 0.264 e. The van der Waals surface area contributed by atoms with Gasteiger partial charge in [-0.1, -0.05) is 0 Å². The normalized spacial score (nSPS) is 16.4. The molecule has 4 rings (SSSR count). The molecule has 1 aliphatic heterocycles. The largest absolute Gasteiger partial charge is 0.497 e. The van der Waals surface area contributed by atoms with E-state index in [1.807, 2.05) is 30.0 Å². The summed E-state index contributed by atoms with van der Waals surface area (Å²) in [4.78, 5) is 33.4. The summed E-state index contributed by atoms with van der Waals surface area (Å²) in [6.07, 6.45) is 3.27. The molecule has 1 amide bonds. The monoisotopic (exact) mass is 413 g/mol. The van der Waals surface area contributed by atoms with Crippen molar-refractivity contribution in [3.8, 4) is 11.5 Å². The van der Waals surface area contributed by atoms with Crippen LogP contribution in [0.4, 0.5) is 0 Å². The summed E-state index contributed by atoms with van der Waals surface area (Å²) in [5.74, 6) is 1.36. The van der Waals surface area contributed by atoms with Crippen molar-refractivity contribution in [2.75, 3.05) is 20.8 Å². The van der Waals surface area contributed by atoms with Gasteiger partial charge in [0.15, 0.2) is 0 Å². The first kappa shape index (κ1) is 19.4. The highest BCUT2D eigenvalue weighted by Gasteiger charge is 2.34. The SMILES string of the molecule is COc1ccc([C@H]2CCCN2C(=O)c2sc3ncn(C)c(=O)c3c2C)c(OC)c1. The molecule has 1 atom stereocenters. The van der Waals surface area contributed by atoms with Crippen molar-refractivity contribution >= 4 is 27.5 Å². The predicted octanol–water partition coefficient (Wildman–Crippen LogP) is 3.30. The number of nitrogens with zero attached hydrogens (tertiary/aromatic N) is 3. The fraction of sp³-hybridized carbons (Fsp3) is 0.381. The molecule has 1 aromatic carbocycles. The first-order valence-electron chi connectivity index (χ1n) is 9.44. The molecule has 7 nitrogen and oxygen atoms in total. The Morgan fingerprint density at radius 1 is 1.28 bits per heavy atom. The van der Waals surface area contributed by atoms with E-state index in [1.165, 1.54) is 22.2 Å². The minimum atomic E-state index is -0.127. The lowest BCUT2D eigenvalue weighted by atomic mass is 10.0. The Bertz CT molecular complexity index is 1150. The summed E-state index contributed by atoms with van der Waals surface area (Å²) >= 11 is 1.29. The van der Waals surface area contributed by atoms with E-state index in [2.05, 4.69) is 4.98 Å². The molecule has 0 unspecified atom stereocenters. The fourth-order valence-electron chi connectivity index (χ4n) is 3.97. The van der Waals surface area contributed by atoms with Crippen LogP contribution in [0.15, 0.2) is 29.3 Å². The van der Waals surface area contributed by atoms with Gasteiger partial charge in [-0.15, -0.1) is 11.3 Å². The molecule has 0 N–H and O–H groups in total. The number of thiophene rings is 1. The highest BCUT2D eigenvalue weighted by molar-refractivity contribution is 7.20. The summed E-state index contributed by atoms with van der Waals surface area (Å²) < 4.78 is 12.3. The second-order valence-electron chi connectivity index (χ2n) is 7.16. The van der Waals surface area contributed by atoms with E-state index in [0.29, 0.717) is 38.7 Å². The fourth-order valence-corrected chi connectivity index (χ4v) is 5.07. The summed E-state index contributed by atoms with van der Waals surface area (Å²) in [6.45, 7) is 2.49. The van der Waals surface area contributed by atoms with Crippen LogP contribution >= 0.6 is 11.3 Å². The van der Waals surface area contributed by atoms with E-state index in [1.54, 1.807) is 21.3 Å². The van der Waals surface area contributed by atoms with Gasteiger partial charge in [0.2, 0.25) is 0 Å². The summed E-state index contributed by atoms with van der Waals surface area (Å²) in [5.41, 5.74) is 1.54. The number of hydrogen-bond donors (Lipinski definition) is 0. The van der Waals surface area contributed by atoms with Crippen molar-refractivity contribution in [2.24, 2.45) is 7.05 Å². The number of fused-ring (bicyclic) bond motifs is 1.